The van der Waals surface area contributed by atoms with Gasteiger partial charge in [-0.2, -0.15) is 0 Å². The second-order valence-electron chi connectivity index (χ2n) is 5.24. The predicted molar refractivity (Wildman–Crippen MR) is 87.2 cm³/mol. The van der Waals surface area contributed by atoms with Gasteiger partial charge in [-0.05, 0) is 43.7 Å². The van der Waals surface area contributed by atoms with Crippen molar-refractivity contribution in [1.82, 2.24) is 0 Å². The molecule has 0 unspecified atom stereocenters. The largest absolute Gasteiger partial charge is 0.489 e. The number of aryl methyl sites for hydroxylation is 2. The summed E-state index contributed by atoms with van der Waals surface area (Å²) < 4.78 is 10.4. The minimum atomic E-state index is -0.296. The molecule has 0 bridgehead atoms. The van der Waals surface area contributed by atoms with E-state index in [2.05, 4.69) is 42.1 Å². The van der Waals surface area contributed by atoms with Crippen molar-refractivity contribution in [2.45, 2.75) is 20.5 Å². The number of hydrogen-bond acceptors (Lipinski definition) is 4. The van der Waals surface area contributed by atoms with Crippen LogP contribution in [0.3, 0.4) is 0 Å². The lowest BCUT2D eigenvalue weighted by molar-refractivity contribution is -0.138. The van der Waals surface area contributed by atoms with Gasteiger partial charge in [-0.3, -0.25) is 4.79 Å². The average molecular weight is 299 g/mol. The summed E-state index contributed by atoms with van der Waals surface area (Å²) in [6.07, 6.45) is 0. The van der Waals surface area contributed by atoms with E-state index in [1.165, 1.54) is 18.2 Å². The zero-order valence-corrected chi connectivity index (χ0v) is 13.2. The van der Waals surface area contributed by atoms with Gasteiger partial charge in [0.25, 0.3) is 0 Å². The topological polar surface area (TPSA) is 47.6 Å². The van der Waals surface area contributed by atoms with Gasteiger partial charge in [0.15, 0.2) is 0 Å². The lowest BCUT2D eigenvalue weighted by Crippen LogP contribution is -2.14. The maximum atomic E-state index is 11.1. The third kappa shape index (κ3) is 4.81. The van der Waals surface area contributed by atoms with E-state index in [-0.39, 0.29) is 12.5 Å². The molecule has 0 aliphatic rings. The first-order valence-electron chi connectivity index (χ1n) is 7.17. The van der Waals surface area contributed by atoms with E-state index in [9.17, 15) is 4.79 Å². The van der Waals surface area contributed by atoms with Crippen LogP contribution in [0.4, 0.5) is 5.69 Å². The second-order valence-corrected chi connectivity index (χ2v) is 5.24. The molecule has 4 nitrogen and oxygen atoms in total. The third-order valence-corrected chi connectivity index (χ3v) is 3.21. The lowest BCUT2D eigenvalue weighted by Gasteiger charge is -2.09. The Morgan fingerprint density at radius 2 is 1.68 bits per heavy atom. The number of benzene rings is 2. The number of methoxy groups -OCH3 is 1. The van der Waals surface area contributed by atoms with Crippen molar-refractivity contribution in [2.24, 2.45) is 0 Å². The van der Waals surface area contributed by atoms with Gasteiger partial charge in [-0.25, -0.2) is 0 Å². The average Bonchev–Trinajstić information content (AvgIpc) is 2.50. The summed E-state index contributed by atoms with van der Waals surface area (Å²) in [6.45, 7) is 4.85. The van der Waals surface area contributed by atoms with E-state index in [0.717, 1.165) is 17.0 Å². The van der Waals surface area contributed by atoms with E-state index < -0.39 is 0 Å². The predicted octanol–water partition coefficient (Wildman–Crippen LogP) is 3.47. The third-order valence-electron chi connectivity index (χ3n) is 3.21. The van der Waals surface area contributed by atoms with Gasteiger partial charge in [0.2, 0.25) is 0 Å². The van der Waals surface area contributed by atoms with Gasteiger partial charge in [0, 0.05) is 5.69 Å². The fourth-order valence-corrected chi connectivity index (χ4v) is 2.23. The molecule has 0 radical (unpaired) electrons. The maximum Gasteiger partial charge on any atom is 0.325 e. The Morgan fingerprint density at radius 3 is 2.27 bits per heavy atom. The SMILES string of the molecule is COC(=O)CNc1ccc(OCc2cc(C)cc(C)c2)cc1. The number of hydrogen-bond donors (Lipinski definition) is 1. The minimum Gasteiger partial charge on any atom is -0.489 e. The normalized spacial score (nSPS) is 10.1. The summed E-state index contributed by atoms with van der Waals surface area (Å²) in [7, 11) is 1.37. The van der Waals surface area contributed by atoms with Crippen LogP contribution in [0.15, 0.2) is 42.5 Å². The molecule has 2 aromatic carbocycles. The van der Waals surface area contributed by atoms with Crippen molar-refractivity contribution in [1.29, 1.82) is 0 Å². The quantitative estimate of drug-likeness (QED) is 0.830. The zero-order valence-electron chi connectivity index (χ0n) is 13.2. The van der Waals surface area contributed by atoms with Crippen molar-refractivity contribution in [3.8, 4) is 5.75 Å². The molecule has 116 valence electrons. The molecule has 0 spiro atoms. The molecular formula is C18H21NO3. The van der Waals surface area contributed by atoms with E-state index in [0.29, 0.717) is 6.61 Å². The number of anilines is 1. The number of rotatable bonds is 6. The van der Waals surface area contributed by atoms with Crippen molar-refractivity contribution >= 4 is 11.7 Å². The molecule has 0 atom stereocenters. The first-order chi connectivity index (χ1) is 10.6. The number of carbonyl (C=O) groups excluding carboxylic acids is 1. The van der Waals surface area contributed by atoms with Gasteiger partial charge >= 0.3 is 5.97 Å². The number of ether oxygens (including phenoxy) is 2. The number of esters is 1. The molecule has 2 rings (SSSR count). The van der Waals surface area contributed by atoms with Crippen molar-refractivity contribution < 1.29 is 14.3 Å². The zero-order chi connectivity index (χ0) is 15.9. The van der Waals surface area contributed by atoms with Crippen LogP contribution in [0.1, 0.15) is 16.7 Å². The van der Waals surface area contributed by atoms with Crippen molar-refractivity contribution in [3.05, 3.63) is 59.2 Å². The summed E-state index contributed by atoms with van der Waals surface area (Å²) >= 11 is 0. The Morgan fingerprint density at radius 1 is 1.05 bits per heavy atom. The maximum absolute atomic E-state index is 11.1. The summed E-state index contributed by atoms with van der Waals surface area (Å²) in [6, 6.07) is 13.9. The molecule has 0 aromatic heterocycles. The van der Waals surface area contributed by atoms with Crippen molar-refractivity contribution in [3.63, 3.8) is 0 Å². The molecule has 4 heteroatoms. The van der Waals surface area contributed by atoms with Crippen LogP contribution in [-0.2, 0) is 16.1 Å². The second kappa shape index (κ2) is 7.50. The number of carbonyl (C=O) groups is 1. The first kappa shape index (κ1) is 15.9. The Labute approximate surface area is 131 Å². The summed E-state index contributed by atoms with van der Waals surface area (Å²) in [5.74, 6) is 0.498. The van der Waals surface area contributed by atoms with Crippen LogP contribution >= 0.6 is 0 Å². The Kier molecular flexibility index (Phi) is 5.42. The van der Waals surface area contributed by atoms with E-state index in [1.807, 2.05) is 24.3 Å². The molecule has 2 aromatic rings. The van der Waals surface area contributed by atoms with Crippen LogP contribution in [-0.4, -0.2) is 19.6 Å². The highest BCUT2D eigenvalue weighted by Gasteiger charge is 2.01. The summed E-state index contributed by atoms with van der Waals surface area (Å²) in [5.41, 5.74) is 4.48. The Balaban J connectivity index is 1.89. The molecular weight excluding hydrogens is 278 g/mol. The summed E-state index contributed by atoms with van der Waals surface area (Å²) in [4.78, 5) is 11.1. The van der Waals surface area contributed by atoms with Crippen molar-refractivity contribution in [2.75, 3.05) is 19.0 Å². The monoisotopic (exact) mass is 299 g/mol. The molecule has 0 heterocycles. The molecule has 1 N–H and O–H groups in total. The smallest absolute Gasteiger partial charge is 0.325 e. The molecule has 22 heavy (non-hydrogen) atoms. The Bertz CT molecular complexity index is 615. The molecule has 0 aliphatic heterocycles. The molecule has 0 amide bonds. The fourth-order valence-electron chi connectivity index (χ4n) is 2.23. The highest BCUT2D eigenvalue weighted by Crippen LogP contribution is 2.18. The van der Waals surface area contributed by atoms with Gasteiger partial charge in [0.05, 0.1) is 7.11 Å². The molecule has 0 saturated carbocycles. The van der Waals surface area contributed by atoms with Crippen LogP contribution in [0, 0.1) is 13.8 Å². The van der Waals surface area contributed by atoms with E-state index in [1.54, 1.807) is 0 Å². The van der Waals surface area contributed by atoms with Gasteiger partial charge < -0.3 is 14.8 Å². The number of nitrogens with one attached hydrogen (secondary N) is 1. The standard InChI is InChI=1S/C18H21NO3/c1-13-8-14(2)10-15(9-13)12-22-17-6-4-16(5-7-17)19-11-18(20)21-3/h4-10,19H,11-12H2,1-3H3. The van der Waals surface area contributed by atoms with E-state index in [4.69, 9.17) is 4.74 Å². The first-order valence-corrected chi connectivity index (χ1v) is 7.17. The van der Waals surface area contributed by atoms with Gasteiger partial charge in [0.1, 0.15) is 18.9 Å². The lowest BCUT2D eigenvalue weighted by atomic mass is 10.1. The van der Waals surface area contributed by atoms with Crippen LogP contribution in [0.2, 0.25) is 0 Å². The Hall–Kier alpha value is -2.49. The van der Waals surface area contributed by atoms with Crippen LogP contribution in [0.25, 0.3) is 0 Å². The minimum absolute atomic E-state index is 0.152. The molecule has 0 saturated heterocycles. The van der Waals surface area contributed by atoms with Crippen LogP contribution in [0.5, 0.6) is 5.75 Å². The fraction of sp³-hybridized carbons (Fsp3) is 0.278. The van der Waals surface area contributed by atoms with Gasteiger partial charge in [-0.15, -0.1) is 0 Å². The highest BCUT2D eigenvalue weighted by molar-refractivity contribution is 5.74. The van der Waals surface area contributed by atoms with Crippen LogP contribution < -0.4 is 10.1 Å². The summed E-state index contributed by atoms with van der Waals surface area (Å²) in [5, 5.41) is 2.98. The highest BCUT2D eigenvalue weighted by atomic mass is 16.5. The molecule has 0 fully saturated rings. The van der Waals surface area contributed by atoms with Gasteiger partial charge in [-0.1, -0.05) is 29.3 Å². The molecule has 0 aliphatic carbocycles. The van der Waals surface area contributed by atoms with E-state index >= 15 is 0 Å².